The number of nitrogens with zero attached hydrogens (tertiary/aromatic N) is 3. The summed E-state index contributed by atoms with van der Waals surface area (Å²) in [4.78, 5) is 11.7. The highest BCUT2D eigenvalue weighted by molar-refractivity contribution is 5.79. The zero-order valence-corrected chi connectivity index (χ0v) is 17.3. The number of aliphatic imine (C=N–C) groups is 1. The minimum absolute atomic E-state index is 0.637. The first-order valence-electron chi connectivity index (χ1n) is 10.5. The van der Waals surface area contributed by atoms with E-state index in [1.807, 2.05) is 13.1 Å². The fourth-order valence-electron chi connectivity index (χ4n) is 3.13. The van der Waals surface area contributed by atoms with Crippen LogP contribution in [0.15, 0.2) is 23.3 Å². The van der Waals surface area contributed by atoms with Gasteiger partial charge in [-0.25, -0.2) is 9.98 Å². The minimum Gasteiger partial charge on any atom is -0.382 e. The van der Waals surface area contributed by atoms with Gasteiger partial charge in [-0.2, -0.15) is 0 Å². The lowest BCUT2D eigenvalue weighted by atomic mass is 9.99. The van der Waals surface area contributed by atoms with Crippen molar-refractivity contribution in [2.24, 2.45) is 10.9 Å². The van der Waals surface area contributed by atoms with Crippen LogP contribution in [0, 0.1) is 5.92 Å². The number of rotatable bonds is 10. The first-order chi connectivity index (χ1) is 13.2. The van der Waals surface area contributed by atoms with Crippen molar-refractivity contribution in [1.29, 1.82) is 0 Å². The standard InChI is InChI=1S/C21H37N5O/c1-4-22-21(23-12-6-7-15-27-5-2)25-17-19-8-9-20(24-16-19)26-13-10-18(3)11-14-26/h8-9,16,18H,4-7,10-15,17H2,1-3H3,(H2,22,23,25). The Labute approximate surface area is 164 Å². The molecule has 2 rings (SSSR count). The number of ether oxygens (including phenoxy) is 1. The highest BCUT2D eigenvalue weighted by Gasteiger charge is 2.16. The van der Waals surface area contributed by atoms with E-state index in [4.69, 9.17) is 4.74 Å². The van der Waals surface area contributed by atoms with E-state index in [1.165, 1.54) is 12.8 Å². The predicted octanol–water partition coefficient (Wildman–Crippen LogP) is 3.19. The molecule has 1 aromatic heterocycles. The van der Waals surface area contributed by atoms with Crippen molar-refractivity contribution in [3.05, 3.63) is 23.9 Å². The van der Waals surface area contributed by atoms with Crippen molar-refractivity contribution in [3.8, 4) is 0 Å². The molecule has 0 aliphatic carbocycles. The molecule has 0 bridgehead atoms. The van der Waals surface area contributed by atoms with E-state index in [-0.39, 0.29) is 0 Å². The number of piperidine rings is 1. The predicted molar refractivity (Wildman–Crippen MR) is 113 cm³/mol. The molecule has 0 saturated carbocycles. The van der Waals surface area contributed by atoms with Gasteiger partial charge in [0.1, 0.15) is 5.82 Å². The number of pyridine rings is 1. The highest BCUT2D eigenvalue weighted by Crippen LogP contribution is 2.21. The summed E-state index contributed by atoms with van der Waals surface area (Å²) in [5.74, 6) is 2.79. The third-order valence-corrected chi connectivity index (χ3v) is 4.89. The number of nitrogens with one attached hydrogen (secondary N) is 2. The van der Waals surface area contributed by atoms with Gasteiger partial charge in [-0.15, -0.1) is 0 Å². The third kappa shape index (κ3) is 8.16. The summed E-state index contributed by atoms with van der Waals surface area (Å²) in [6.07, 6.45) is 6.63. The van der Waals surface area contributed by atoms with Crippen LogP contribution >= 0.6 is 0 Å². The largest absolute Gasteiger partial charge is 0.382 e. The SMILES string of the molecule is CCNC(=NCc1ccc(N2CCC(C)CC2)nc1)NCCCCOCC. The van der Waals surface area contributed by atoms with Crippen LogP contribution in [0.5, 0.6) is 0 Å². The van der Waals surface area contributed by atoms with Crippen LogP contribution in [-0.2, 0) is 11.3 Å². The van der Waals surface area contributed by atoms with Crippen LogP contribution in [0.3, 0.4) is 0 Å². The summed E-state index contributed by atoms with van der Waals surface area (Å²) in [7, 11) is 0. The van der Waals surface area contributed by atoms with Crippen molar-refractivity contribution in [2.45, 2.75) is 53.0 Å². The van der Waals surface area contributed by atoms with Gasteiger partial charge in [0.05, 0.1) is 6.54 Å². The van der Waals surface area contributed by atoms with Crippen LogP contribution in [0.2, 0.25) is 0 Å². The van der Waals surface area contributed by atoms with Gasteiger partial charge in [0.2, 0.25) is 0 Å². The zero-order valence-electron chi connectivity index (χ0n) is 17.3. The fourth-order valence-corrected chi connectivity index (χ4v) is 3.13. The van der Waals surface area contributed by atoms with Crippen molar-refractivity contribution in [2.75, 3.05) is 44.3 Å². The van der Waals surface area contributed by atoms with Crippen LogP contribution in [0.1, 0.15) is 52.0 Å². The van der Waals surface area contributed by atoms with Gasteiger partial charge < -0.3 is 20.3 Å². The zero-order chi connectivity index (χ0) is 19.3. The molecule has 1 aliphatic heterocycles. The number of anilines is 1. The molecule has 6 heteroatoms. The lowest BCUT2D eigenvalue weighted by Gasteiger charge is -2.31. The molecule has 152 valence electrons. The normalized spacial score (nSPS) is 15.8. The summed E-state index contributed by atoms with van der Waals surface area (Å²) in [6, 6.07) is 4.28. The topological polar surface area (TPSA) is 61.8 Å². The summed E-state index contributed by atoms with van der Waals surface area (Å²) in [5.41, 5.74) is 1.14. The molecule has 0 aromatic carbocycles. The Morgan fingerprint density at radius 1 is 1.22 bits per heavy atom. The van der Waals surface area contributed by atoms with E-state index in [9.17, 15) is 0 Å². The molecule has 27 heavy (non-hydrogen) atoms. The summed E-state index contributed by atoms with van der Waals surface area (Å²) in [5, 5.41) is 6.69. The van der Waals surface area contributed by atoms with E-state index in [1.54, 1.807) is 0 Å². The monoisotopic (exact) mass is 375 g/mol. The maximum absolute atomic E-state index is 5.37. The van der Waals surface area contributed by atoms with Crippen molar-refractivity contribution >= 4 is 11.8 Å². The summed E-state index contributed by atoms with van der Waals surface area (Å²) >= 11 is 0. The molecule has 2 N–H and O–H groups in total. The van der Waals surface area contributed by atoms with E-state index >= 15 is 0 Å². The molecule has 2 heterocycles. The Hall–Kier alpha value is -1.82. The number of unbranched alkanes of at least 4 members (excludes halogenated alkanes) is 1. The number of hydrogen-bond donors (Lipinski definition) is 2. The molecule has 0 atom stereocenters. The van der Waals surface area contributed by atoms with Crippen LogP contribution < -0.4 is 15.5 Å². The molecule has 1 saturated heterocycles. The molecule has 1 aromatic rings. The second-order valence-corrected chi connectivity index (χ2v) is 7.22. The Morgan fingerprint density at radius 3 is 2.70 bits per heavy atom. The second-order valence-electron chi connectivity index (χ2n) is 7.22. The molecule has 6 nitrogen and oxygen atoms in total. The van der Waals surface area contributed by atoms with Gasteiger partial charge in [0, 0.05) is 45.6 Å². The first-order valence-corrected chi connectivity index (χ1v) is 10.5. The van der Waals surface area contributed by atoms with Gasteiger partial charge in [0.15, 0.2) is 5.96 Å². The Kier molecular flexibility index (Phi) is 9.98. The van der Waals surface area contributed by atoms with Crippen molar-refractivity contribution in [1.82, 2.24) is 15.6 Å². The number of guanidine groups is 1. The van der Waals surface area contributed by atoms with Gasteiger partial charge in [0.25, 0.3) is 0 Å². The van der Waals surface area contributed by atoms with Crippen LogP contribution in [-0.4, -0.2) is 50.3 Å². The van der Waals surface area contributed by atoms with E-state index < -0.39 is 0 Å². The third-order valence-electron chi connectivity index (χ3n) is 4.89. The maximum atomic E-state index is 5.37. The number of hydrogen-bond acceptors (Lipinski definition) is 4. The molecule has 1 fully saturated rings. The molecule has 0 spiro atoms. The molecular weight excluding hydrogens is 338 g/mol. The smallest absolute Gasteiger partial charge is 0.191 e. The van der Waals surface area contributed by atoms with E-state index in [2.05, 4.69) is 51.5 Å². The van der Waals surface area contributed by atoms with Crippen LogP contribution in [0.25, 0.3) is 0 Å². The average Bonchev–Trinajstić information content (AvgIpc) is 2.70. The average molecular weight is 376 g/mol. The number of aromatic nitrogens is 1. The second kappa shape index (κ2) is 12.5. The van der Waals surface area contributed by atoms with Gasteiger partial charge in [-0.05, 0) is 57.1 Å². The molecule has 0 unspecified atom stereocenters. The van der Waals surface area contributed by atoms with Crippen LogP contribution in [0.4, 0.5) is 5.82 Å². The molecule has 0 radical (unpaired) electrons. The maximum Gasteiger partial charge on any atom is 0.191 e. The lowest BCUT2D eigenvalue weighted by Crippen LogP contribution is -2.37. The quantitative estimate of drug-likeness (QED) is 0.374. The minimum atomic E-state index is 0.637. The van der Waals surface area contributed by atoms with Gasteiger partial charge in [-0.3, -0.25) is 0 Å². The molecule has 1 aliphatic rings. The van der Waals surface area contributed by atoms with Gasteiger partial charge in [-0.1, -0.05) is 13.0 Å². The Balaban J connectivity index is 1.78. The van der Waals surface area contributed by atoms with Crippen molar-refractivity contribution < 1.29 is 4.74 Å². The van der Waals surface area contributed by atoms with Gasteiger partial charge >= 0.3 is 0 Å². The fraction of sp³-hybridized carbons (Fsp3) is 0.714. The lowest BCUT2D eigenvalue weighted by molar-refractivity contribution is 0.143. The Morgan fingerprint density at radius 2 is 2.04 bits per heavy atom. The molecule has 0 amide bonds. The first kappa shape index (κ1) is 21.5. The summed E-state index contributed by atoms with van der Waals surface area (Å²) in [6.45, 7) is 12.7. The van der Waals surface area contributed by atoms with E-state index in [0.29, 0.717) is 6.54 Å². The van der Waals surface area contributed by atoms with Crippen molar-refractivity contribution in [3.63, 3.8) is 0 Å². The Bertz CT molecular complexity index is 538. The summed E-state index contributed by atoms with van der Waals surface area (Å²) < 4.78 is 5.37. The highest BCUT2D eigenvalue weighted by atomic mass is 16.5. The molecular formula is C21H37N5O. The van der Waals surface area contributed by atoms with E-state index in [0.717, 1.165) is 75.5 Å².